The highest BCUT2D eigenvalue weighted by atomic mass is 19.1. The molecule has 194 valence electrons. The first-order valence-corrected chi connectivity index (χ1v) is 11.8. The minimum absolute atomic E-state index is 0.0356. The van der Waals surface area contributed by atoms with Gasteiger partial charge in [-0.3, -0.25) is 14.4 Å². The third-order valence-corrected chi connectivity index (χ3v) is 5.59. The Bertz CT molecular complexity index is 1370. The van der Waals surface area contributed by atoms with E-state index in [0.29, 0.717) is 5.56 Å². The Kier molecular flexibility index (Phi) is 9.12. The molecule has 3 aromatic carbocycles. The average Bonchev–Trinajstić information content (AvgIpc) is 2.96. The van der Waals surface area contributed by atoms with Crippen LogP contribution in [0.3, 0.4) is 0 Å². The van der Waals surface area contributed by atoms with Crippen molar-refractivity contribution in [2.24, 2.45) is 0 Å². The summed E-state index contributed by atoms with van der Waals surface area (Å²) in [7, 11) is 0. The van der Waals surface area contributed by atoms with Gasteiger partial charge in [0, 0.05) is 18.3 Å². The van der Waals surface area contributed by atoms with Gasteiger partial charge in [0.15, 0.2) is 11.4 Å². The number of hydrogen-bond acceptors (Lipinski definition) is 6. The van der Waals surface area contributed by atoms with E-state index in [1.54, 1.807) is 12.1 Å². The predicted molar refractivity (Wildman–Crippen MR) is 137 cm³/mol. The van der Waals surface area contributed by atoms with Gasteiger partial charge in [0.1, 0.15) is 12.4 Å². The molecule has 0 aliphatic rings. The molecule has 1 aromatic heterocycles. The Morgan fingerprint density at radius 2 is 1.45 bits per heavy atom. The van der Waals surface area contributed by atoms with E-state index in [-0.39, 0.29) is 48.1 Å². The molecule has 0 bridgehead atoms. The second kappa shape index (κ2) is 13.1. The van der Waals surface area contributed by atoms with Crippen molar-refractivity contribution in [2.75, 3.05) is 0 Å². The lowest BCUT2D eigenvalue weighted by Gasteiger charge is -2.17. The maximum atomic E-state index is 13.2. The van der Waals surface area contributed by atoms with Gasteiger partial charge in [-0.25, -0.2) is 14.9 Å². The van der Waals surface area contributed by atoms with E-state index in [4.69, 9.17) is 9.57 Å². The summed E-state index contributed by atoms with van der Waals surface area (Å²) in [6.45, 7) is -0.262. The first-order valence-electron chi connectivity index (χ1n) is 11.8. The monoisotopic (exact) mass is 515 g/mol. The second-order valence-electron chi connectivity index (χ2n) is 8.28. The summed E-state index contributed by atoms with van der Waals surface area (Å²) in [5, 5.41) is 12.9. The van der Waals surface area contributed by atoms with Gasteiger partial charge in [0.2, 0.25) is 0 Å². The number of aliphatic hydroxyl groups is 1. The van der Waals surface area contributed by atoms with Crippen LogP contribution in [0.25, 0.3) is 0 Å². The van der Waals surface area contributed by atoms with E-state index in [0.717, 1.165) is 11.1 Å². The van der Waals surface area contributed by atoms with Crippen LogP contribution in [0.5, 0.6) is 5.75 Å². The largest absolute Gasteiger partial charge is 0.486 e. The lowest BCUT2D eigenvalue weighted by molar-refractivity contribution is 0.0226. The number of ether oxygens (including phenoxy) is 1. The highest BCUT2D eigenvalue weighted by Crippen LogP contribution is 2.27. The van der Waals surface area contributed by atoms with Crippen molar-refractivity contribution in [1.29, 1.82) is 0 Å². The van der Waals surface area contributed by atoms with Crippen molar-refractivity contribution >= 4 is 11.8 Å². The van der Waals surface area contributed by atoms with Crippen molar-refractivity contribution in [3.05, 3.63) is 130 Å². The van der Waals surface area contributed by atoms with Crippen LogP contribution in [0.2, 0.25) is 0 Å². The number of benzene rings is 3. The zero-order chi connectivity index (χ0) is 26.7. The fourth-order valence-electron chi connectivity index (χ4n) is 3.62. The van der Waals surface area contributed by atoms with Crippen LogP contribution in [0.1, 0.15) is 43.1 Å². The van der Waals surface area contributed by atoms with Crippen molar-refractivity contribution in [3.63, 3.8) is 0 Å². The van der Waals surface area contributed by atoms with Gasteiger partial charge in [-0.1, -0.05) is 72.8 Å². The van der Waals surface area contributed by atoms with Crippen LogP contribution < -0.4 is 15.5 Å². The van der Waals surface area contributed by atoms with Gasteiger partial charge >= 0.3 is 0 Å². The van der Waals surface area contributed by atoms with E-state index in [9.17, 15) is 19.1 Å². The number of aromatic nitrogens is 1. The number of nitrogens with one attached hydrogen (secondary N) is 2. The molecule has 9 heteroatoms. The number of aliphatic hydroxyl groups excluding tert-OH is 1. The van der Waals surface area contributed by atoms with Crippen molar-refractivity contribution in [2.45, 2.75) is 26.4 Å². The summed E-state index contributed by atoms with van der Waals surface area (Å²) in [6, 6.07) is 24.2. The lowest BCUT2D eigenvalue weighted by atomic mass is 10.1. The van der Waals surface area contributed by atoms with E-state index in [1.807, 2.05) is 60.7 Å². The molecule has 0 fully saturated rings. The molecule has 1 heterocycles. The highest BCUT2D eigenvalue weighted by molar-refractivity contribution is 5.99. The number of hydroxylamine groups is 1. The lowest BCUT2D eigenvalue weighted by Crippen LogP contribution is -2.28. The first kappa shape index (κ1) is 26.5. The number of pyridine rings is 1. The van der Waals surface area contributed by atoms with Gasteiger partial charge in [0.25, 0.3) is 11.8 Å². The number of hydrogen-bond donors (Lipinski definition) is 3. The normalized spacial score (nSPS) is 10.6. The van der Waals surface area contributed by atoms with Gasteiger partial charge in [-0.15, -0.1) is 0 Å². The predicted octanol–water partition coefficient (Wildman–Crippen LogP) is 4.08. The number of halogens is 1. The van der Waals surface area contributed by atoms with Crippen LogP contribution >= 0.6 is 0 Å². The maximum Gasteiger partial charge on any atom is 0.297 e. The smallest absolute Gasteiger partial charge is 0.297 e. The van der Waals surface area contributed by atoms with Crippen molar-refractivity contribution in [1.82, 2.24) is 15.8 Å². The molecule has 0 spiro atoms. The zero-order valence-corrected chi connectivity index (χ0v) is 20.4. The zero-order valence-electron chi connectivity index (χ0n) is 20.4. The minimum Gasteiger partial charge on any atom is -0.486 e. The molecule has 4 rings (SSSR count). The molecule has 0 saturated heterocycles. The Hall–Kier alpha value is -4.60. The molecule has 0 aliphatic carbocycles. The summed E-state index contributed by atoms with van der Waals surface area (Å²) < 4.78 is 19.1. The molecule has 8 nitrogen and oxygen atoms in total. The van der Waals surface area contributed by atoms with Crippen LogP contribution in [0.4, 0.5) is 4.39 Å². The minimum atomic E-state index is -0.697. The van der Waals surface area contributed by atoms with Crippen molar-refractivity contribution in [3.8, 4) is 5.75 Å². The molecule has 0 radical (unpaired) electrons. The number of carbonyl (C=O) groups is 2. The van der Waals surface area contributed by atoms with Gasteiger partial charge < -0.3 is 15.2 Å². The molecular formula is C29H26FN3O5. The number of nitrogens with zero attached hydrogens (tertiary/aromatic N) is 1. The van der Waals surface area contributed by atoms with Gasteiger partial charge in [0.05, 0.1) is 18.8 Å². The third kappa shape index (κ3) is 7.00. The van der Waals surface area contributed by atoms with Gasteiger partial charge in [-0.2, -0.15) is 0 Å². The summed E-state index contributed by atoms with van der Waals surface area (Å²) in [4.78, 5) is 35.5. The Labute approximate surface area is 219 Å². The molecule has 3 N–H and O–H groups in total. The summed E-state index contributed by atoms with van der Waals surface area (Å²) in [6.07, 6.45) is 1.20. The topological polar surface area (TPSA) is 110 Å². The van der Waals surface area contributed by atoms with Crippen LogP contribution in [-0.4, -0.2) is 21.9 Å². The van der Waals surface area contributed by atoms with E-state index in [2.05, 4.69) is 15.8 Å². The van der Waals surface area contributed by atoms with Crippen LogP contribution in [0, 0.1) is 5.82 Å². The van der Waals surface area contributed by atoms with E-state index in [1.165, 1.54) is 18.3 Å². The summed E-state index contributed by atoms with van der Waals surface area (Å²) in [5.74, 6) is -1.65. The third-order valence-electron chi connectivity index (χ3n) is 5.59. The average molecular weight is 516 g/mol. The second-order valence-corrected chi connectivity index (χ2v) is 8.28. The Morgan fingerprint density at radius 1 is 0.816 bits per heavy atom. The van der Waals surface area contributed by atoms with Crippen LogP contribution in [0.15, 0.2) is 91.1 Å². The van der Waals surface area contributed by atoms with E-state index < -0.39 is 18.4 Å². The standard InChI is InChI=1S/C29H26FN3O5/c30-23-13-11-20(12-14-23)15-32-28(35)24-16-31-26(29(36)33-38-19-22-9-5-2-6-10-22)27(25(24)17-34)37-18-21-7-3-1-4-8-21/h1-14,16,34H,15,17-19H2,(H,32,35)(H,33,36). The fraction of sp³-hybridized carbons (Fsp3) is 0.138. The van der Waals surface area contributed by atoms with Crippen LogP contribution in [-0.2, 0) is 31.2 Å². The Morgan fingerprint density at radius 3 is 2.08 bits per heavy atom. The van der Waals surface area contributed by atoms with E-state index >= 15 is 0 Å². The number of carbonyl (C=O) groups excluding carboxylic acids is 2. The van der Waals surface area contributed by atoms with Crippen molar-refractivity contribution < 1.29 is 28.7 Å². The fourth-order valence-corrected chi connectivity index (χ4v) is 3.62. The molecular weight excluding hydrogens is 489 g/mol. The first-order chi connectivity index (χ1) is 18.5. The molecule has 0 aliphatic heterocycles. The Balaban J connectivity index is 1.55. The molecule has 2 amide bonds. The quantitative estimate of drug-likeness (QED) is 0.260. The molecule has 38 heavy (non-hydrogen) atoms. The highest BCUT2D eigenvalue weighted by Gasteiger charge is 2.24. The van der Waals surface area contributed by atoms with Gasteiger partial charge in [-0.05, 0) is 28.8 Å². The molecule has 0 saturated carbocycles. The number of amides is 2. The molecule has 0 atom stereocenters. The SMILES string of the molecule is O=C(NCc1ccc(F)cc1)c1cnc(C(=O)NOCc2ccccc2)c(OCc2ccccc2)c1CO. The molecule has 4 aromatic rings. The maximum absolute atomic E-state index is 13.2. The number of rotatable bonds is 11. The summed E-state index contributed by atoms with van der Waals surface area (Å²) >= 11 is 0. The summed E-state index contributed by atoms with van der Waals surface area (Å²) in [5.41, 5.74) is 4.69. The molecule has 0 unspecified atom stereocenters.